The van der Waals surface area contributed by atoms with Gasteiger partial charge in [-0.05, 0) is 37.5 Å². The molecule has 0 saturated carbocycles. The summed E-state index contributed by atoms with van der Waals surface area (Å²) in [6, 6.07) is 5.54. The third kappa shape index (κ3) is 3.81. The number of nitrogens with one attached hydrogen (secondary N) is 1. The average Bonchev–Trinajstić information content (AvgIpc) is 2.21. The molecular formula is C12H18N2O2. The van der Waals surface area contributed by atoms with Gasteiger partial charge >= 0.3 is 6.03 Å². The van der Waals surface area contributed by atoms with Crippen molar-refractivity contribution < 1.29 is 9.53 Å². The highest BCUT2D eigenvalue weighted by molar-refractivity contribution is 5.71. The van der Waals surface area contributed by atoms with E-state index in [1.165, 1.54) is 0 Å². The number of benzene rings is 1. The molecule has 0 aromatic heterocycles. The number of aryl methyl sites for hydroxylation is 1. The van der Waals surface area contributed by atoms with Crippen LogP contribution in [0.3, 0.4) is 0 Å². The van der Waals surface area contributed by atoms with Gasteiger partial charge in [-0.2, -0.15) is 0 Å². The van der Waals surface area contributed by atoms with Gasteiger partial charge in [0.25, 0.3) is 0 Å². The Kier molecular flexibility index (Phi) is 4.64. The lowest BCUT2D eigenvalue weighted by Gasteiger charge is -2.09. The first-order valence-electron chi connectivity index (χ1n) is 5.39. The van der Waals surface area contributed by atoms with Gasteiger partial charge in [0.05, 0.1) is 6.61 Å². The van der Waals surface area contributed by atoms with Crippen molar-refractivity contribution in [3.05, 3.63) is 29.3 Å². The summed E-state index contributed by atoms with van der Waals surface area (Å²) in [6.45, 7) is 5.20. The van der Waals surface area contributed by atoms with Crippen LogP contribution in [0.1, 0.15) is 18.1 Å². The summed E-state index contributed by atoms with van der Waals surface area (Å²) in [5.74, 6) is 0.911. The second-order valence-corrected chi connectivity index (χ2v) is 3.57. The Balaban J connectivity index is 2.55. The molecule has 88 valence electrons. The van der Waals surface area contributed by atoms with Crippen molar-refractivity contribution in [2.24, 2.45) is 5.73 Å². The standard InChI is InChI=1S/C12H18N2O2/c1-3-16-11-5-4-10(8-9(11)2)6-7-14-12(13)15/h4-5,8H,3,6-7H2,1-2H3,(H3,13,14,15). The van der Waals surface area contributed by atoms with E-state index < -0.39 is 6.03 Å². The predicted molar refractivity (Wildman–Crippen MR) is 63.6 cm³/mol. The zero-order valence-corrected chi connectivity index (χ0v) is 9.75. The van der Waals surface area contributed by atoms with Crippen molar-refractivity contribution in [3.8, 4) is 5.75 Å². The smallest absolute Gasteiger partial charge is 0.312 e. The molecule has 1 aromatic rings. The molecule has 4 heteroatoms. The van der Waals surface area contributed by atoms with Gasteiger partial charge in [0, 0.05) is 6.54 Å². The van der Waals surface area contributed by atoms with E-state index >= 15 is 0 Å². The SMILES string of the molecule is CCOc1ccc(CCNC(N)=O)cc1C. The number of carbonyl (C=O) groups is 1. The van der Waals surface area contributed by atoms with Crippen molar-refractivity contribution in [1.82, 2.24) is 5.32 Å². The Hall–Kier alpha value is -1.71. The van der Waals surface area contributed by atoms with Crippen molar-refractivity contribution in [1.29, 1.82) is 0 Å². The fourth-order valence-corrected chi connectivity index (χ4v) is 1.51. The number of carbonyl (C=O) groups excluding carboxylic acids is 1. The first-order valence-corrected chi connectivity index (χ1v) is 5.39. The second-order valence-electron chi connectivity index (χ2n) is 3.57. The Labute approximate surface area is 95.8 Å². The highest BCUT2D eigenvalue weighted by Crippen LogP contribution is 2.19. The van der Waals surface area contributed by atoms with Gasteiger partial charge in [-0.15, -0.1) is 0 Å². The summed E-state index contributed by atoms with van der Waals surface area (Å²) < 4.78 is 5.44. The molecular weight excluding hydrogens is 204 g/mol. The molecule has 0 aliphatic carbocycles. The molecule has 0 atom stereocenters. The lowest BCUT2D eigenvalue weighted by Crippen LogP contribution is -2.30. The number of nitrogens with two attached hydrogens (primary N) is 1. The van der Waals surface area contributed by atoms with E-state index in [0.29, 0.717) is 13.2 Å². The molecule has 0 fully saturated rings. The van der Waals surface area contributed by atoms with E-state index in [2.05, 4.69) is 11.4 Å². The van der Waals surface area contributed by atoms with Gasteiger partial charge in [-0.25, -0.2) is 4.79 Å². The molecule has 0 radical (unpaired) electrons. The van der Waals surface area contributed by atoms with Crippen LogP contribution in [-0.4, -0.2) is 19.2 Å². The van der Waals surface area contributed by atoms with Crippen molar-refractivity contribution in [2.45, 2.75) is 20.3 Å². The van der Waals surface area contributed by atoms with E-state index in [1.807, 2.05) is 26.0 Å². The minimum Gasteiger partial charge on any atom is -0.494 e. The third-order valence-electron chi connectivity index (χ3n) is 2.25. The maximum atomic E-state index is 10.5. The Morgan fingerprint density at radius 1 is 1.50 bits per heavy atom. The van der Waals surface area contributed by atoms with Crippen LogP contribution in [0.15, 0.2) is 18.2 Å². The normalized spacial score (nSPS) is 9.88. The number of rotatable bonds is 5. The summed E-state index contributed by atoms with van der Waals surface area (Å²) in [5, 5.41) is 2.56. The third-order valence-corrected chi connectivity index (χ3v) is 2.25. The fourth-order valence-electron chi connectivity index (χ4n) is 1.51. The second kappa shape index (κ2) is 6.00. The van der Waals surface area contributed by atoms with E-state index in [1.54, 1.807) is 0 Å². The average molecular weight is 222 g/mol. The topological polar surface area (TPSA) is 64.3 Å². The van der Waals surface area contributed by atoms with E-state index in [0.717, 1.165) is 23.3 Å². The largest absolute Gasteiger partial charge is 0.494 e. The summed E-state index contributed by atoms with van der Waals surface area (Å²) >= 11 is 0. The quantitative estimate of drug-likeness (QED) is 0.794. The van der Waals surface area contributed by atoms with Crippen LogP contribution >= 0.6 is 0 Å². The molecule has 0 bridgehead atoms. The fraction of sp³-hybridized carbons (Fsp3) is 0.417. The minimum absolute atomic E-state index is 0.484. The lowest BCUT2D eigenvalue weighted by molar-refractivity contribution is 0.249. The van der Waals surface area contributed by atoms with Gasteiger partial charge in [0.1, 0.15) is 5.75 Å². The molecule has 0 heterocycles. The highest BCUT2D eigenvalue weighted by atomic mass is 16.5. The van der Waals surface area contributed by atoms with Crippen LogP contribution in [0.25, 0.3) is 0 Å². The molecule has 3 N–H and O–H groups in total. The van der Waals surface area contributed by atoms with Crippen molar-refractivity contribution in [2.75, 3.05) is 13.2 Å². The van der Waals surface area contributed by atoms with Gasteiger partial charge in [0.15, 0.2) is 0 Å². The molecule has 1 aromatic carbocycles. The zero-order valence-electron chi connectivity index (χ0n) is 9.75. The van der Waals surface area contributed by atoms with Crippen molar-refractivity contribution >= 4 is 6.03 Å². The molecule has 0 spiro atoms. The number of urea groups is 1. The Morgan fingerprint density at radius 3 is 2.81 bits per heavy atom. The number of hydrogen-bond donors (Lipinski definition) is 2. The lowest BCUT2D eigenvalue weighted by atomic mass is 10.1. The summed E-state index contributed by atoms with van der Waals surface area (Å²) in [5.41, 5.74) is 7.25. The van der Waals surface area contributed by atoms with Crippen LogP contribution in [-0.2, 0) is 6.42 Å². The molecule has 0 unspecified atom stereocenters. The molecule has 4 nitrogen and oxygen atoms in total. The van der Waals surface area contributed by atoms with E-state index in [9.17, 15) is 4.79 Å². The van der Waals surface area contributed by atoms with Crippen LogP contribution in [0, 0.1) is 6.92 Å². The minimum atomic E-state index is -0.484. The van der Waals surface area contributed by atoms with Crippen LogP contribution in [0.5, 0.6) is 5.75 Å². The predicted octanol–water partition coefficient (Wildman–Crippen LogP) is 1.60. The molecule has 0 saturated heterocycles. The van der Waals surface area contributed by atoms with Crippen LogP contribution in [0.4, 0.5) is 4.79 Å². The highest BCUT2D eigenvalue weighted by Gasteiger charge is 2.01. The molecule has 0 aliphatic heterocycles. The van der Waals surface area contributed by atoms with Gasteiger partial charge in [0.2, 0.25) is 0 Å². The van der Waals surface area contributed by atoms with E-state index in [-0.39, 0.29) is 0 Å². The first-order chi connectivity index (χ1) is 7.63. The Bertz CT molecular complexity index is 364. The van der Waals surface area contributed by atoms with Gasteiger partial charge in [-0.3, -0.25) is 0 Å². The molecule has 1 rings (SSSR count). The maximum Gasteiger partial charge on any atom is 0.312 e. The Morgan fingerprint density at radius 2 is 2.25 bits per heavy atom. The molecule has 2 amide bonds. The van der Waals surface area contributed by atoms with Crippen LogP contribution < -0.4 is 15.8 Å². The molecule has 16 heavy (non-hydrogen) atoms. The number of primary amides is 1. The van der Waals surface area contributed by atoms with E-state index in [4.69, 9.17) is 10.5 Å². The number of ether oxygens (including phenoxy) is 1. The van der Waals surface area contributed by atoms with Gasteiger partial charge in [-0.1, -0.05) is 12.1 Å². The summed E-state index contributed by atoms with van der Waals surface area (Å²) in [4.78, 5) is 10.5. The van der Waals surface area contributed by atoms with Crippen molar-refractivity contribution in [3.63, 3.8) is 0 Å². The number of amides is 2. The maximum absolute atomic E-state index is 10.5. The zero-order chi connectivity index (χ0) is 12.0. The van der Waals surface area contributed by atoms with Gasteiger partial charge < -0.3 is 15.8 Å². The van der Waals surface area contributed by atoms with Crippen LogP contribution in [0.2, 0.25) is 0 Å². The monoisotopic (exact) mass is 222 g/mol. The first kappa shape index (κ1) is 12.4. The summed E-state index contributed by atoms with van der Waals surface area (Å²) in [6.07, 6.45) is 0.774. The molecule has 0 aliphatic rings. The summed E-state index contributed by atoms with van der Waals surface area (Å²) in [7, 11) is 0. The number of hydrogen-bond acceptors (Lipinski definition) is 2.